The molecule has 0 aliphatic rings. The summed E-state index contributed by atoms with van der Waals surface area (Å²) in [6.45, 7) is 0.703. The Labute approximate surface area is 121 Å². The van der Waals surface area contributed by atoms with Crippen LogP contribution in [0.5, 0.6) is 11.5 Å². The van der Waals surface area contributed by atoms with Gasteiger partial charge >= 0.3 is 0 Å². The maximum absolute atomic E-state index is 5.33. The molecule has 4 heteroatoms. The molecule has 3 nitrogen and oxygen atoms in total. The standard InChI is InChI=1S/C15H16BrNO2/c1-18-14-6-4-3-5-11(14)10-17-12-7-8-13(16)15(9-12)19-2/h3-9,17H,10H2,1-2H3. The monoisotopic (exact) mass is 321 g/mol. The third-order valence-electron chi connectivity index (χ3n) is 2.83. The molecule has 2 aromatic rings. The van der Waals surface area contributed by atoms with E-state index in [9.17, 15) is 0 Å². The SMILES string of the molecule is COc1cc(NCc2ccccc2OC)ccc1Br. The minimum atomic E-state index is 0.703. The second kappa shape index (κ2) is 6.48. The van der Waals surface area contributed by atoms with Crippen molar-refractivity contribution in [1.29, 1.82) is 0 Å². The number of anilines is 1. The maximum atomic E-state index is 5.33. The zero-order valence-electron chi connectivity index (χ0n) is 10.9. The van der Waals surface area contributed by atoms with Crippen LogP contribution in [0.4, 0.5) is 5.69 Å². The fourth-order valence-electron chi connectivity index (χ4n) is 1.82. The maximum Gasteiger partial charge on any atom is 0.135 e. The Morgan fingerprint density at radius 2 is 1.74 bits per heavy atom. The number of para-hydroxylation sites is 1. The van der Waals surface area contributed by atoms with Gasteiger partial charge in [0, 0.05) is 23.9 Å². The first kappa shape index (κ1) is 13.7. The van der Waals surface area contributed by atoms with Gasteiger partial charge in [-0.05, 0) is 34.1 Å². The smallest absolute Gasteiger partial charge is 0.135 e. The summed E-state index contributed by atoms with van der Waals surface area (Å²) in [6.07, 6.45) is 0. The molecule has 0 aromatic heterocycles. The van der Waals surface area contributed by atoms with Crippen LogP contribution in [0.1, 0.15) is 5.56 Å². The molecule has 100 valence electrons. The molecule has 2 rings (SSSR count). The van der Waals surface area contributed by atoms with Crippen LogP contribution in [0.15, 0.2) is 46.9 Å². The van der Waals surface area contributed by atoms with Crippen LogP contribution in [0, 0.1) is 0 Å². The predicted molar refractivity (Wildman–Crippen MR) is 81.0 cm³/mol. The van der Waals surface area contributed by atoms with Crippen molar-refractivity contribution in [2.45, 2.75) is 6.54 Å². The lowest BCUT2D eigenvalue weighted by Gasteiger charge is -2.11. The Balaban J connectivity index is 2.10. The highest BCUT2D eigenvalue weighted by molar-refractivity contribution is 9.10. The molecular formula is C15H16BrNO2. The number of rotatable bonds is 5. The molecule has 0 aliphatic heterocycles. The average Bonchev–Trinajstić information content (AvgIpc) is 2.46. The Kier molecular flexibility index (Phi) is 4.68. The van der Waals surface area contributed by atoms with Crippen molar-refractivity contribution in [2.75, 3.05) is 19.5 Å². The van der Waals surface area contributed by atoms with Gasteiger partial charge in [0.05, 0.1) is 18.7 Å². The number of halogens is 1. The van der Waals surface area contributed by atoms with Gasteiger partial charge in [0.2, 0.25) is 0 Å². The van der Waals surface area contributed by atoms with E-state index < -0.39 is 0 Å². The van der Waals surface area contributed by atoms with Crippen LogP contribution in [0.3, 0.4) is 0 Å². The number of ether oxygens (including phenoxy) is 2. The van der Waals surface area contributed by atoms with E-state index in [1.165, 1.54) is 0 Å². The molecule has 0 fully saturated rings. The number of nitrogens with one attached hydrogen (secondary N) is 1. The Hall–Kier alpha value is -1.68. The van der Waals surface area contributed by atoms with Crippen molar-refractivity contribution >= 4 is 21.6 Å². The number of hydrogen-bond donors (Lipinski definition) is 1. The van der Waals surface area contributed by atoms with E-state index in [1.54, 1.807) is 14.2 Å². The lowest BCUT2D eigenvalue weighted by molar-refractivity contribution is 0.410. The van der Waals surface area contributed by atoms with Crippen LogP contribution in [0.2, 0.25) is 0 Å². The first-order chi connectivity index (χ1) is 9.24. The van der Waals surface area contributed by atoms with Gasteiger partial charge in [-0.25, -0.2) is 0 Å². The van der Waals surface area contributed by atoms with Crippen LogP contribution in [-0.4, -0.2) is 14.2 Å². The molecule has 0 aliphatic carbocycles. The topological polar surface area (TPSA) is 30.5 Å². The normalized spacial score (nSPS) is 10.1. The summed E-state index contributed by atoms with van der Waals surface area (Å²) in [6, 6.07) is 13.9. The van der Waals surface area contributed by atoms with E-state index in [0.29, 0.717) is 6.54 Å². The van der Waals surface area contributed by atoms with E-state index in [0.717, 1.165) is 27.2 Å². The average molecular weight is 322 g/mol. The Morgan fingerprint density at radius 3 is 2.47 bits per heavy atom. The molecule has 0 amide bonds. The molecule has 0 radical (unpaired) electrons. The number of methoxy groups -OCH3 is 2. The molecule has 1 N–H and O–H groups in total. The Morgan fingerprint density at radius 1 is 1.00 bits per heavy atom. The molecule has 0 unspecified atom stereocenters. The van der Waals surface area contributed by atoms with Crippen molar-refractivity contribution in [1.82, 2.24) is 0 Å². The molecule has 0 spiro atoms. The van der Waals surface area contributed by atoms with E-state index in [2.05, 4.69) is 21.2 Å². The third-order valence-corrected chi connectivity index (χ3v) is 3.48. The molecular weight excluding hydrogens is 306 g/mol. The van der Waals surface area contributed by atoms with Gasteiger partial charge in [0.25, 0.3) is 0 Å². The highest BCUT2D eigenvalue weighted by atomic mass is 79.9. The highest BCUT2D eigenvalue weighted by Crippen LogP contribution is 2.28. The van der Waals surface area contributed by atoms with Crippen LogP contribution >= 0.6 is 15.9 Å². The summed E-state index contributed by atoms with van der Waals surface area (Å²) in [5.41, 5.74) is 2.12. The van der Waals surface area contributed by atoms with Crippen molar-refractivity contribution in [3.63, 3.8) is 0 Å². The van der Waals surface area contributed by atoms with Crippen molar-refractivity contribution in [3.8, 4) is 11.5 Å². The van der Waals surface area contributed by atoms with Gasteiger partial charge < -0.3 is 14.8 Å². The van der Waals surface area contributed by atoms with Gasteiger partial charge in [0.1, 0.15) is 11.5 Å². The van der Waals surface area contributed by atoms with Crippen molar-refractivity contribution in [2.24, 2.45) is 0 Å². The minimum Gasteiger partial charge on any atom is -0.496 e. The molecule has 2 aromatic carbocycles. The first-order valence-electron chi connectivity index (χ1n) is 5.94. The van der Waals surface area contributed by atoms with E-state index in [4.69, 9.17) is 9.47 Å². The molecule has 19 heavy (non-hydrogen) atoms. The molecule has 0 saturated heterocycles. The fraction of sp³-hybridized carbons (Fsp3) is 0.200. The second-order valence-electron chi connectivity index (χ2n) is 4.01. The van der Waals surface area contributed by atoms with Crippen molar-refractivity contribution in [3.05, 3.63) is 52.5 Å². The number of benzene rings is 2. The summed E-state index contributed by atoms with van der Waals surface area (Å²) in [7, 11) is 3.34. The molecule has 0 bridgehead atoms. The van der Waals surface area contributed by atoms with Crippen LogP contribution in [-0.2, 0) is 6.54 Å². The first-order valence-corrected chi connectivity index (χ1v) is 6.73. The predicted octanol–water partition coefficient (Wildman–Crippen LogP) is 4.08. The van der Waals surface area contributed by atoms with Crippen LogP contribution < -0.4 is 14.8 Å². The lowest BCUT2D eigenvalue weighted by Crippen LogP contribution is -2.01. The van der Waals surface area contributed by atoms with E-state index in [-0.39, 0.29) is 0 Å². The Bertz CT molecular complexity index is 558. The summed E-state index contributed by atoms with van der Waals surface area (Å²) in [5.74, 6) is 1.70. The highest BCUT2D eigenvalue weighted by Gasteiger charge is 2.04. The van der Waals surface area contributed by atoms with E-state index >= 15 is 0 Å². The number of hydrogen-bond acceptors (Lipinski definition) is 3. The van der Waals surface area contributed by atoms with Gasteiger partial charge in [-0.1, -0.05) is 18.2 Å². The summed E-state index contributed by atoms with van der Waals surface area (Å²) >= 11 is 3.44. The second-order valence-corrected chi connectivity index (χ2v) is 4.87. The van der Waals surface area contributed by atoms with Gasteiger partial charge in [-0.3, -0.25) is 0 Å². The van der Waals surface area contributed by atoms with Crippen LogP contribution in [0.25, 0.3) is 0 Å². The fourth-order valence-corrected chi connectivity index (χ4v) is 2.22. The van der Waals surface area contributed by atoms with Gasteiger partial charge in [0.15, 0.2) is 0 Å². The summed E-state index contributed by atoms with van der Waals surface area (Å²) in [5, 5.41) is 3.36. The quantitative estimate of drug-likeness (QED) is 0.900. The lowest BCUT2D eigenvalue weighted by atomic mass is 10.2. The molecule has 0 heterocycles. The van der Waals surface area contributed by atoms with Gasteiger partial charge in [-0.2, -0.15) is 0 Å². The zero-order chi connectivity index (χ0) is 13.7. The molecule has 0 atom stereocenters. The van der Waals surface area contributed by atoms with Gasteiger partial charge in [-0.15, -0.1) is 0 Å². The molecule has 0 saturated carbocycles. The zero-order valence-corrected chi connectivity index (χ0v) is 12.5. The summed E-state index contributed by atoms with van der Waals surface area (Å²) < 4.78 is 11.5. The third kappa shape index (κ3) is 3.41. The summed E-state index contributed by atoms with van der Waals surface area (Å²) in [4.78, 5) is 0. The minimum absolute atomic E-state index is 0.703. The largest absolute Gasteiger partial charge is 0.496 e. The van der Waals surface area contributed by atoms with Crippen molar-refractivity contribution < 1.29 is 9.47 Å². The van der Waals surface area contributed by atoms with E-state index in [1.807, 2.05) is 42.5 Å².